The summed E-state index contributed by atoms with van der Waals surface area (Å²) in [6.45, 7) is 6.14. The predicted octanol–water partition coefficient (Wildman–Crippen LogP) is 5.15. The second kappa shape index (κ2) is 8.85. The lowest BCUT2D eigenvalue weighted by Gasteiger charge is -2.23. The summed E-state index contributed by atoms with van der Waals surface area (Å²) in [5.41, 5.74) is 2.80. The largest absolute Gasteiger partial charge is 0.419 e. The number of benzene rings is 2. The molecular weight excluding hydrogens is 374 g/mol. The first-order valence-corrected chi connectivity index (χ1v) is 9.44. The van der Waals surface area contributed by atoms with Gasteiger partial charge in [-0.3, -0.25) is 4.79 Å². The number of aryl methyl sites for hydroxylation is 1. The summed E-state index contributed by atoms with van der Waals surface area (Å²) in [5, 5.41) is 8.68. The monoisotopic (exact) mass is 395 g/mol. The average Bonchev–Trinajstić information content (AvgIpc) is 3.13. The molecule has 0 unspecified atom stereocenters. The fourth-order valence-corrected chi connectivity index (χ4v) is 2.98. The number of rotatable bonds is 6. The summed E-state index contributed by atoms with van der Waals surface area (Å²) < 4.78 is 5.74. The third kappa shape index (κ3) is 4.87. The Hall–Kier alpha value is -2.92. The Balaban J connectivity index is 1.75. The van der Waals surface area contributed by atoms with Crippen LogP contribution in [0.2, 0.25) is 5.02 Å². The maximum absolute atomic E-state index is 12.7. The van der Waals surface area contributed by atoms with Crippen LogP contribution < -0.4 is 0 Å². The number of nitrogens with zero attached hydrogens (tertiary/aromatic N) is 3. The van der Waals surface area contributed by atoms with Gasteiger partial charge in [0.1, 0.15) is 0 Å². The van der Waals surface area contributed by atoms with E-state index in [0.29, 0.717) is 22.4 Å². The highest BCUT2D eigenvalue weighted by atomic mass is 35.5. The second-order valence-corrected chi connectivity index (χ2v) is 7.20. The van der Waals surface area contributed by atoms with E-state index in [1.165, 1.54) is 0 Å². The van der Waals surface area contributed by atoms with Gasteiger partial charge in [0.15, 0.2) is 0 Å². The van der Waals surface area contributed by atoms with Gasteiger partial charge in [-0.15, -0.1) is 10.2 Å². The van der Waals surface area contributed by atoms with Crippen molar-refractivity contribution < 1.29 is 9.21 Å². The van der Waals surface area contributed by atoms with E-state index in [4.69, 9.17) is 16.0 Å². The minimum absolute atomic E-state index is 0.0228. The molecule has 0 radical (unpaired) electrons. The molecule has 0 saturated carbocycles. The summed E-state index contributed by atoms with van der Waals surface area (Å²) in [6.07, 6.45) is 3.38. The molecule has 2 aromatic carbocycles. The summed E-state index contributed by atoms with van der Waals surface area (Å²) in [7, 11) is 0. The number of carbonyl (C=O) groups excluding carboxylic acids is 1. The molecule has 0 atom stereocenters. The van der Waals surface area contributed by atoms with E-state index in [9.17, 15) is 4.79 Å². The lowest BCUT2D eigenvalue weighted by Crippen LogP contribution is -2.35. The van der Waals surface area contributed by atoms with Gasteiger partial charge >= 0.3 is 0 Å². The molecule has 144 valence electrons. The molecule has 28 heavy (non-hydrogen) atoms. The summed E-state index contributed by atoms with van der Waals surface area (Å²) >= 11 is 6.18. The van der Waals surface area contributed by atoms with Crippen molar-refractivity contribution in [2.45, 2.75) is 33.4 Å². The maximum atomic E-state index is 12.7. The number of aromatic nitrogens is 2. The SMILES string of the molecule is Cc1cccc(/C=C/C(=O)N(Cc2nnc(-c3ccccc3Cl)o2)C(C)C)c1. The minimum atomic E-state index is -0.117. The molecule has 0 spiro atoms. The second-order valence-electron chi connectivity index (χ2n) is 6.79. The molecule has 3 rings (SSSR count). The normalized spacial score (nSPS) is 11.3. The molecule has 0 N–H and O–H groups in total. The van der Waals surface area contributed by atoms with E-state index < -0.39 is 0 Å². The minimum Gasteiger partial charge on any atom is -0.419 e. The van der Waals surface area contributed by atoms with Crippen molar-refractivity contribution in [1.29, 1.82) is 0 Å². The first kappa shape index (κ1) is 19.8. The number of carbonyl (C=O) groups is 1. The van der Waals surface area contributed by atoms with Crippen molar-refractivity contribution >= 4 is 23.6 Å². The summed E-state index contributed by atoms with van der Waals surface area (Å²) in [4.78, 5) is 14.4. The van der Waals surface area contributed by atoms with Crippen molar-refractivity contribution in [3.63, 3.8) is 0 Å². The molecule has 3 aromatic rings. The van der Waals surface area contributed by atoms with E-state index in [1.54, 1.807) is 17.0 Å². The standard InChI is InChI=1S/C22H22ClN3O2/c1-15(2)26(21(27)12-11-17-8-6-7-16(3)13-17)14-20-24-25-22(28-20)18-9-4-5-10-19(18)23/h4-13,15H,14H2,1-3H3/b12-11+. The van der Waals surface area contributed by atoms with Crippen LogP contribution in [0.25, 0.3) is 17.5 Å². The zero-order valence-corrected chi connectivity index (χ0v) is 16.8. The Bertz CT molecular complexity index is 995. The molecule has 0 saturated heterocycles. The van der Waals surface area contributed by atoms with Crippen molar-refractivity contribution in [2.24, 2.45) is 0 Å². The summed E-state index contributed by atoms with van der Waals surface area (Å²) in [5.74, 6) is 0.585. The van der Waals surface area contributed by atoms with Gasteiger partial charge in [-0.05, 0) is 44.5 Å². The molecule has 0 aliphatic rings. The van der Waals surface area contributed by atoms with Gasteiger partial charge in [0.2, 0.25) is 17.7 Å². The number of hydrogen-bond donors (Lipinski definition) is 0. The van der Waals surface area contributed by atoms with Crippen LogP contribution in [0.5, 0.6) is 0 Å². The number of halogens is 1. The molecule has 0 aliphatic heterocycles. The first-order valence-electron chi connectivity index (χ1n) is 9.06. The van der Waals surface area contributed by atoms with Crippen LogP contribution in [-0.4, -0.2) is 27.0 Å². The molecule has 0 fully saturated rings. The van der Waals surface area contributed by atoms with Gasteiger partial charge in [0.05, 0.1) is 17.1 Å². The highest BCUT2D eigenvalue weighted by molar-refractivity contribution is 6.33. The molecule has 5 nitrogen and oxygen atoms in total. The van der Waals surface area contributed by atoms with Gasteiger partial charge in [-0.1, -0.05) is 53.6 Å². The highest BCUT2D eigenvalue weighted by Crippen LogP contribution is 2.26. The van der Waals surface area contributed by atoms with Crippen LogP contribution in [0.3, 0.4) is 0 Å². The fourth-order valence-electron chi connectivity index (χ4n) is 2.76. The molecule has 1 aromatic heterocycles. The molecule has 6 heteroatoms. The Labute approximate surface area is 169 Å². The van der Waals surface area contributed by atoms with Crippen molar-refractivity contribution in [3.8, 4) is 11.5 Å². The fraction of sp³-hybridized carbons (Fsp3) is 0.227. The van der Waals surface area contributed by atoms with Crippen LogP contribution in [0.1, 0.15) is 30.9 Å². The quantitative estimate of drug-likeness (QED) is 0.541. The zero-order chi connectivity index (χ0) is 20.1. The van der Waals surface area contributed by atoms with Crippen molar-refractivity contribution in [1.82, 2.24) is 15.1 Å². The van der Waals surface area contributed by atoms with Crippen LogP contribution in [0.4, 0.5) is 0 Å². The van der Waals surface area contributed by atoms with Crippen LogP contribution in [-0.2, 0) is 11.3 Å². The van der Waals surface area contributed by atoms with Gasteiger partial charge in [0, 0.05) is 12.1 Å². The van der Waals surface area contributed by atoms with E-state index in [1.807, 2.05) is 69.3 Å². The molecule has 0 aliphatic carbocycles. The Kier molecular flexibility index (Phi) is 6.26. The third-order valence-corrected chi connectivity index (χ3v) is 4.57. The van der Waals surface area contributed by atoms with Crippen LogP contribution in [0, 0.1) is 6.92 Å². The zero-order valence-electron chi connectivity index (χ0n) is 16.1. The predicted molar refractivity (Wildman–Crippen MR) is 111 cm³/mol. The van der Waals surface area contributed by atoms with Crippen LogP contribution in [0.15, 0.2) is 59.0 Å². The van der Waals surface area contributed by atoms with Crippen molar-refractivity contribution in [3.05, 3.63) is 76.6 Å². The van der Waals surface area contributed by atoms with Gasteiger partial charge in [0.25, 0.3) is 0 Å². The van der Waals surface area contributed by atoms with E-state index >= 15 is 0 Å². The highest BCUT2D eigenvalue weighted by Gasteiger charge is 2.19. The topological polar surface area (TPSA) is 59.2 Å². The van der Waals surface area contributed by atoms with Gasteiger partial charge in [-0.25, -0.2) is 0 Å². The van der Waals surface area contributed by atoms with E-state index in [2.05, 4.69) is 10.2 Å². The Morgan fingerprint density at radius 1 is 1.18 bits per heavy atom. The lowest BCUT2D eigenvalue weighted by atomic mass is 10.1. The first-order chi connectivity index (χ1) is 13.4. The molecule has 1 amide bonds. The average molecular weight is 396 g/mol. The Morgan fingerprint density at radius 2 is 1.96 bits per heavy atom. The molecular formula is C22H22ClN3O2. The van der Waals surface area contributed by atoms with Gasteiger partial charge < -0.3 is 9.32 Å². The molecule has 1 heterocycles. The van der Waals surface area contributed by atoms with E-state index in [-0.39, 0.29) is 18.5 Å². The maximum Gasteiger partial charge on any atom is 0.249 e. The smallest absolute Gasteiger partial charge is 0.249 e. The third-order valence-electron chi connectivity index (χ3n) is 4.24. The molecule has 0 bridgehead atoms. The summed E-state index contributed by atoms with van der Waals surface area (Å²) in [6, 6.07) is 15.2. The number of amides is 1. The van der Waals surface area contributed by atoms with E-state index in [0.717, 1.165) is 11.1 Å². The van der Waals surface area contributed by atoms with Crippen LogP contribution >= 0.6 is 11.6 Å². The van der Waals surface area contributed by atoms with Gasteiger partial charge in [-0.2, -0.15) is 0 Å². The Morgan fingerprint density at radius 3 is 2.68 bits per heavy atom. The lowest BCUT2D eigenvalue weighted by molar-refractivity contribution is -0.128. The van der Waals surface area contributed by atoms with Crippen molar-refractivity contribution in [2.75, 3.05) is 0 Å². The number of hydrogen-bond acceptors (Lipinski definition) is 4.